The van der Waals surface area contributed by atoms with Crippen LogP contribution in [0.15, 0.2) is 48.5 Å². The van der Waals surface area contributed by atoms with Gasteiger partial charge in [0.05, 0.1) is 7.11 Å². The molecule has 0 atom stereocenters. The highest BCUT2D eigenvalue weighted by molar-refractivity contribution is 6.04. The summed E-state index contributed by atoms with van der Waals surface area (Å²) in [4.78, 5) is 12.1. The maximum Gasteiger partial charge on any atom is 0.255 e. The Labute approximate surface area is 119 Å². The van der Waals surface area contributed by atoms with Crippen molar-refractivity contribution >= 4 is 11.6 Å². The van der Waals surface area contributed by atoms with Crippen LogP contribution < -0.4 is 10.1 Å². The molecule has 1 N–H and O–H groups in total. The molecule has 0 saturated carbocycles. The van der Waals surface area contributed by atoms with Crippen molar-refractivity contribution in [1.29, 1.82) is 0 Å². The second-order valence-corrected chi connectivity index (χ2v) is 4.96. The number of benzene rings is 2. The van der Waals surface area contributed by atoms with E-state index < -0.39 is 0 Å². The van der Waals surface area contributed by atoms with E-state index in [4.69, 9.17) is 4.74 Å². The van der Waals surface area contributed by atoms with Crippen LogP contribution in [-0.2, 0) is 0 Å². The quantitative estimate of drug-likeness (QED) is 0.908. The average molecular weight is 269 g/mol. The van der Waals surface area contributed by atoms with Gasteiger partial charge in [0, 0.05) is 11.3 Å². The Bertz CT molecular complexity index is 588. The number of nitrogens with one attached hydrogen (secondary N) is 1. The highest BCUT2D eigenvalue weighted by Gasteiger charge is 2.07. The molecule has 0 heterocycles. The molecule has 3 nitrogen and oxygen atoms in total. The van der Waals surface area contributed by atoms with Crippen molar-refractivity contribution in [1.82, 2.24) is 0 Å². The van der Waals surface area contributed by atoms with E-state index in [1.54, 1.807) is 31.4 Å². The second kappa shape index (κ2) is 6.24. The fraction of sp³-hybridized carbons (Fsp3) is 0.235. The van der Waals surface area contributed by atoms with Crippen molar-refractivity contribution in [3.63, 3.8) is 0 Å². The molecule has 0 aliphatic carbocycles. The van der Waals surface area contributed by atoms with Crippen molar-refractivity contribution in [3.8, 4) is 5.75 Å². The Morgan fingerprint density at radius 3 is 2.40 bits per heavy atom. The smallest absolute Gasteiger partial charge is 0.255 e. The molecule has 20 heavy (non-hydrogen) atoms. The lowest BCUT2D eigenvalue weighted by Crippen LogP contribution is -2.11. The van der Waals surface area contributed by atoms with Gasteiger partial charge in [-0.1, -0.05) is 26.0 Å². The summed E-state index contributed by atoms with van der Waals surface area (Å²) in [6, 6.07) is 15.0. The van der Waals surface area contributed by atoms with Gasteiger partial charge in [-0.2, -0.15) is 0 Å². The fourth-order valence-corrected chi connectivity index (χ4v) is 1.92. The maximum absolute atomic E-state index is 12.1. The highest BCUT2D eigenvalue weighted by Crippen LogP contribution is 2.19. The van der Waals surface area contributed by atoms with Gasteiger partial charge in [0.2, 0.25) is 0 Å². The summed E-state index contributed by atoms with van der Waals surface area (Å²) >= 11 is 0. The van der Waals surface area contributed by atoms with E-state index in [0.717, 1.165) is 11.4 Å². The molecule has 2 aromatic carbocycles. The lowest BCUT2D eigenvalue weighted by atomic mass is 10.0. The number of hydrogen-bond acceptors (Lipinski definition) is 2. The Balaban J connectivity index is 2.12. The molecule has 0 spiro atoms. The predicted molar refractivity (Wildman–Crippen MR) is 81.5 cm³/mol. The molecule has 0 aliphatic rings. The first-order valence-electron chi connectivity index (χ1n) is 6.65. The molecule has 2 rings (SSSR count). The van der Waals surface area contributed by atoms with Crippen LogP contribution in [-0.4, -0.2) is 13.0 Å². The van der Waals surface area contributed by atoms with Gasteiger partial charge in [-0.25, -0.2) is 0 Å². The second-order valence-electron chi connectivity index (χ2n) is 4.96. The molecule has 0 fully saturated rings. The highest BCUT2D eigenvalue weighted by atomic mass is 16.5. The lowest BCUT2D eigenvalue weighted by molar-refractivity contribution is 0.102. The van der Waals surface area contributed by atoms with Crippen LogP contribution in [0.3, 0.4) is 0 Å². The van der Waals surface area contributed by atoms with E-state index in [0.29, 0.717) is 11.5 Å². The van der Waals surface area contributed by atoms with Crippen molar-refractivity contribution in [2.75, 3.05) is 12.4 Å². The van der Waals surface area contributed by atoms with Crippen LogP contribution in [0, 0.1) is 0 Å². The first-order chi connectivity index (χ1) is 9.60. The third-order valence-electron chi connectivity index (χ3n) is 3.16. The monoisotopic (exact) mass is 269 g/mol. The van der Waals surface area contributed by atoms with Gasteiger partial charge in [-0.15, -0.1) is 0 Å². The molecule has 3 heteroatoms. The number of ether oxygens (including phenoxy) is 1. The molecular formula is C17H19NO2. The minimum absolute atomic E-state index is 0.117. The lowest BCUT2D eigenvalue weighted by Gasteiger charge is -2.10. The summed E-state index contributed by atoms with van der Waals surface area (Å²) < 4.78 is 5.08. The van der Waals surface area contributed by atoms with Crippen molar-refractivity contribution in [3.05, 3.63) is 59.7 Å². The van der Waals surface area contributed by atoms with E-state index in [1.165, 1.54) is 5.56 Å². The molecule has 0 unspecified atom stereocenters. The van der Waals surface area contributed by atoms with Gasteiger partial charge in [-0.3, -0.25) is 4.79 Å². The van der Waals surface area contributed by atoms with Crippen LogP contribution in [0.2, 0.25) is 0 Å². The molecule has 0 radical (unpaired) electrons. The number of anilines is 1. The molecule has 0 bridgehead atoms. The summed E-state index contributed by atoms with van der Waals surface area (Å²) in [6.45, 7) is 4.26. The number of methoxy groups -OCH3 is 1. The number of carbonyl (C=O) groups excluding carboxylic acids is 1. The molecule has 0 aromatic heterocycles. The Hall–Kier alpha value is -2.29. The zero-order chi connectivity index (χ0) is 14.5. The van der Waals surface area contributed by atoms with E-state index in [-0.39, 0.29) is 5.91 Å². The SMILES string of the molecule is COc1ccc(C(=O)Nc2cccc(C(C)C)c2)cc1. The first kappa shape index (κ1) is 14.1. The van der Waals surface area contributed by atoms with Gasteiger partial charge >= 0.3 is 0 Å². The van der Waals surface area contributed by atoms with Gasteiger partial charge in [-0.05, 0) is 47.9 Å². The van der Waals surface area contributed by atoms with E-state index in [9.17, 15) is 4.79 Å². The molecule has 1 amide bonds. The predicted octanol–water partition coefficient (Wildman–Crippen LogP) is 4.07. The standard InChI is InChI=1S/C17H19NO2/c1-12(2)14-5-4-6-15(11-14)18-17(19)13-7-9-16(20-3)10-8-13/h4-12H,1-3H3,(H,18,19). The first-order valence-corrected chi connectivity index (χ1v) is 6.65. The average Bonchev–Trinajstić information content (AvgIpc) is 2.47. The molecule has 0 aliphatic heterocycles. The van der Waals surface area contributed by atoms with Crippen LogP contribution in [0.25, 0.3) is 0 Å². The van der Waals surface area contributed by atoms with Crippen molar-refractivity contribution < 1.29 is 9.53 Å². The zero-order valence-electron chi connectivity index (χ0n) is 12.0. The van der Waals surface area contributed by atoms with Crippen molar-refractivity contribution in [2.24, 2.45) is 0 Å². The minimum atomic E-state index is -0.117. The van der Waals surface area contributed by atoms with E-state index >= 15 is 0 Å². The van der Waals surface area contributed by atoms with Gasteiger partial charge in [0.15, 0.2) is 0 Å². The van der Waals surface area contributed by atoms with Crippen LogP contribution in [0.4, 0.5) is 5.69 Å². The fourth-order valence-electron chi connectivity index (χ4n) is 1.92. The minimum Gasteiger partial charge on any atom is -0.497 e. The summed E-state index contributed by atoms with van der Waals surface area (Å²) in [7, 11) is 1.60. The molecular weight excluding hydrogens is 250 g/mol. The van der Waals surface area contributed by atoms with Crippen LogP contribution >= 0.6 is 0 Å². The number of amides is 1. The number of carbonyl (C=O) groups is 1. The molecule has 104 valence electrons. The third kappa shape index (κ3) is 3.38. The van der Waals surface area contributed by atoms with E-state index in [1.807, 2.05) is 18.2 Å². The topological polar surface area (TPSA) is 38.3 Å². The largest absolute Gasteiger partial charge is 0.497 e. The maximum atomic E-state index is 12.1. The summed E-state index contributed by atoms with van der Waals surface area (Å²) in [5.74, 6) is 1.06. The molecule has 0 saturated heterocycles. The normalized spacial score (nSPS) is 10.4. The van der Waals surface area contributed by atoms with Gasteiger partial charge < -0.3 is 10.1 Å². The Morgan fingerprint density at radius 2 is 1.80 bits per heavy atom. The third-order valence-corrected chi connectivity index (χ3v) is 3.16. The zero-order valence-corrected chi connectivity index (χ0v) is 12.0. The van der Waals surface area contributed by atoms with Crippen LogP contribution in [0.5, 0.6) is 5.75 Å². The summed E-state index contributed by atoms with van der Waals surface area (Å²) in [6.07, 6.45) is 0. The number of rotatable bonds is 4. The van der Waals surface area contributed by atoms with Gasteiger partial charge in [0.25, 0.3) is 5.91 Å². The van der Waals surface area contributed by atoms with Gasteiger partial charge in [0.1, 0.15) is 5.75 Å². The Kier molecular flexibility index (Phi) is 4.41. The van der Waals surface area contributed by atoms with Crippen molar-refractivity contribution in [2.45, 2.75) is 19.8 Å². The summed E-state index contributed by atoms with van der Waals surface area (Å²) in [5, 5.41) is 2.91. The Morgan fingerprint density at radius 1 is 1.10 bits per heavy atom. The molecule has 2 aromatic rings. The summed E-state index contributed by atoms with van der Waals surface area (Å²) in [5.41, 5.74) is 2.63. The number of hydrogen-bond donors (Lipinski definition) is 1. The van der Waals surface area contributed by atoms with E-state index in [2.05, 4.69) is 25.2 Å². The van der Waals surface area contributed by atoms with Crippen LogP contribution in [0.1, 0.15) is 35.7 Å².